The minimum atomic E-state index is 0.644. The lowest BCUT2D eigenvalue weighted by Gasteiger charge is -2.16. The van der Waals surface area contributed by atoms with Crippen LogP contribution in [0, 0.1) is 6.92 Å². The van der Waals surface area contributed by atoms with Gasteiger partial charge < -0.3 is 25.0 Å². The predicted molar refractivity (Wildman–Crippen MR) is 120 cm³/mol. The molecule has 6 heteroatoms. The Morgan fingerprint density at radius 2 is 1.83 bits per heavy atom. The van der Waals surface area contributed by atoms with E-state index in [-0.39, 0.29) is 0 Å². The first-order valence-electron chi connectivity index (χ1n) is 9.97. The van der Waals surface area contributed by atoms with Crippen molar-refractivity contribution in [1.82, 2.24) is 15.5 Å². The highest BCUT2D eigenvalue weighted by Gasteiger charge is 2.06. The summed E-state index contributed by atoms with van der Waals surface area (Å²) in [7, 11) is 7.57. The number of guanidine groups is 1. The van der Waals surface area contributed by atoms with Crippen molar-refractivity contribution in [3.05, 3.63) is 59.2 Å². The number of aliphatic imine (C=N–C) groups is 1. The zero-order valence-electron chi connectivity index (χ0n) is 18.3. The molecule has 6 nitrogen and oxygen atoms in total. The molecule has 2 N–H and O–H groups in total. The van der Waals surface area contributed by atoms with Crippen molar-refractivity contribution >= 4 is 5.96 Å². The number of rotatable bonds is 10. The number of methoxy groups -OCH3 is 1. The Kier molecular flexibility index (Phi) is 9.31. The second kappa shape index (κ2) is 12.0. The molecular formula is C23H34N4O2. The summed E-state index contributed by atoms with van der Waals surface area (Å²) in [4.78, 5) is 6.43. The van der Waals surface area contributed by atoms with Gasteiger partial charge in [0.05, 0.1) is 7.11 Å². The van der Waals surface area contributed by atoms with Crippen LogP contribution in [0.3, 0.4) is 0 Å². The quantitative estimate of drug-likeness (QED) is 0.476. The van der Waals surface area contributed by atoms with Gasteiger partial charge in [0.25, 0.3) is 0 Å². The lowest BCUT2D eigenvalue weighted by atomic mass is 10.1. The summed E-state index contributed by atoms with van der Waals surface area (Å²) in [6.45, 7) is 5.05. The Hall–Kier alpha value is -2.73. The minimum Gasteiger partial charge on any atom is -0.496 e. The van der Waals surface area contributed by atoms with E-state index in [0.717, 1.165) is 42.5 Å². The number of benzene rings is 2. The first kappa shape index (κ1) is 22.6. The Labute approximate surface area is 174 Å². The zero-order valence-corrected chi connectivity index (χ0v) is 18.3. The summed E-state index contributed by atoms with van der Waals surface area (Å²) in [5.74, 6) is 2.59. The molecule has 2 rings (SSSR count). The molecular weight excluding hydrogens is 364 g/mol. The maximum atomic E-state index is 5.93. The largest absolute Gasteiger partial charge is 0.496 e. The highest BCUT2D eigenvalue weighted by Crippen LogP contribution is 2.20. The first-order chi connectivity index (χ1) is 14.0. The molecule has 0 unspecified atom stereocenters. The Balaban J connectivity index is 1.86. The summed E-state index contributed by atoms with van der Waals surface area (Å²) < 4.78 is 11.4. The van der Waals surface area contributed by atoms with Crippen molar-refractivity contribution in [3.63, 3.8) is 0 Å². The molecule has 0 bridgehead atoms. The minimum absolute atomic E-state index is 0.644. The monoisotopic (exact) mass is 398 g/mol. The van der Waals surface area contributed by atoms with Crippen LogP contribution in [0.1, 0.15) is 16.7 Å². The highest BCUT2D eigenvalue weighted by atomic mass is 16.5. The van der Waals surface area contributed by atoms with E-state index in [9.17, 15) is 0 Å². The van der Waals surface area contributed by atoms with E-state index in [0.29, 0.717) is 13.2 Å². The maximum absolute atomic E-state index is 5.93. The molecule has 0 fully saturated rings. The van der Waals surface area contributed by atoms with Gasteiger partial charge in [-0.15, -0.1) is 0 Å². The van der Waals surface area contributed by atoms with Gasteiger partial charge in [-0.3, -0.25) is 4.99 Å². The number of nitrogens with one attached hydrogen (secondary N) is 2. The van der Waals surface area contributed by atoms with E-state index in [4.69, 9.17) is 9.47 Å². The van der Waals surface area contributed by atoms with E-state index in [1.165, 1.54) is 11.1 Å². The molecule has 0 spiro atoms. The van der Waals surface area contributed by atoms with E-state index >= 15 is 0 Å². The number of hydrogen-bond donors (Lipinski definition) is 2. The number of para-hydroxylation sites is 1. The Bertz CT molecular complexity index is 790. The van der Waals surface area contributed by atoms with Crippen molar-refractivity contribution in [2.24, 2.45) is 4.99 Å². The lowest BCUT2D eigenvalue weighted by Crippen LogP contribution is -2.38. The number of likely N-dealkylation sites (N-methyl/N-ethyl adjacent to an activating group) is 1. The molecule has 2 aromatic carbocycles. The SMILES string of the molecule is CN=C(NCCc1cc(C)ccc1OC)NCc1ccccc1OCCN(C)C. The average Bonchev–Trinajstić information content (AvgIpc) is 2.71. The van der Waals surface area contributed by atoms with Gasteiger partial charge in [-0.05, 0) is 45.1 Å². The van der Waals surface area contributed by atoms with Crippen LogP contribution in [-0.2, 0) is 13.0 Å². The van der Waals surface area contributed by atoms with E-state index in [1.807, 2.05) is 38.4 Å². The molecule has 0 atom stereocenters. The summed E-state index contributed by atoms with van der Waals surface area (Å²) in [5, 5.41) is 6.74. The Morgan fingerprint density at radius 3 is 2.55 bits per heavy atom. The zero-order chi connectivity index (χ0) is 21.1. The van der Waals surface area contributed by atoms with Crippen LogP contribution in [0.25, 0.3) is 0 Å². The molecule has 29 heavy (non-hydrogen) atoms. The fourth-order valence-corrected chi connectivity index (χ4v) is 2.95. The van der Waals surface area contributed by atoms with Gasteiger partial charge in [0.15, 0.2) is 5.96 Å². The first-order valence-corrected chi connectivity index (χ1v) is 9.97. The molecule has 158 valence electrons. The maximum Gasteiger partial charge on any atom is 0.191 e. The van der Waals surface area contributed by atoms with Gasteiger partial charge in [-0.1, -0.05) is 35.9 Å². The van der Waals surface area contributed by atoms with Crippen LogP contribution in [0.15, 0.2) is 47.5 Å². The number of ether oxygens (including phenoxy) is 2. The molecule has 2 aromatic rings. The third-order valence-corrected chi connectivity index (χ3v) is 4.56. The fraction of sp³-hybridized carbons (Fsp3) is 0.435. The van der Waals surface area contributed by atoms with Crippen LogP contribution in [0.2, 0.25) is 0 Å². The summed E-state index contributed by atoms with van der Waals surface area (Å²) in [6, 6.07) is 14.3. The van der Waals surface area contributed by atoms with Crippen LogP contribution in [-0.4, -0.2) is 58.8 Å². The summed E-state index contributed by atoms with van der Waals surface area (Å²) >= 11 is 0. The van der Waals surface area contributed by atoms with Crippen LogP contribution >= 0.6 is 0 Å². The van der Waals surface area contributed by atoms with Gasteiger partial charge in [0, 0.05) is 32.2 Å². The normalized spacial score (nSPS) is 11.4. The van der Waals surface area contributed by atoms with Crippen LogP contribution in [0.5, 0.6) is 11.5 Å². The van der Waals surface area contributed by atoms with Gasteiger partial charge in [0.1, 0.15) is 18.1 Å². The molecule has 0 saturated carbocycles. The molecule has 0 aliphatic carbocycles. The van der Waals surface area contributed by atoms with E-state index in [1.54, 1.807) is 14.2 Å². The van der Waals surface area contributed by atoms with Crippen molar-refractivity contribution in [3.8, 4) is 11.5 Å². The van der Waals surface area contributed by atoms with E-state index in [2.05, 4.69) is 45.6 Å². The molecule has 0 heterocycles. The third-order valence-electron chi connectivity index (χ3n) is 4.56. The van der Waals surface area contributed by atoms with Crippen molar-refractivity contribution in [1.29, 1.82) is 0 Å². The van der Waals surface area contributed by atoms with E-state index < -0.39 is 0 Å². The van der Waals surface area contributed by atoms with Gasteiger partial charge in [0.2, 0.25) is 0 Å². The van der Waals surface area contributed by atoms with Gasteiger partial charge in [-0.25, -0.2) is 0 Å². The van der Waals surface area contributed by atoms with Gasteiger partial charge in [-0.2, -0.15) is 0 Å². The van der Waals surface area contributed by atoms with Crippen molar-refractivity contribution in [2.75, 3.05) is 47.9 Å². The second-order valence-electron chi connectivity index (χ2n) is 7.18. The Morgan fingerprint density at radius 1 is 1.03 bits per heavy atom. The smallest absolute Gasteiger partial charge is 0.191 e. The number of hydrogen-bond acceptors (Lipinski definition) is 4. The molecule has 0 aliphatic rings. The number of aryl methyl sites for hydroxylation is 1. The van der Waals surface area contributed by atoms with Gasteiger partial charge >= 0.3 is 0 Å². The molecule has 0 radical (unpaired) electrons. The van der Waals surface area contributed by atoms with Crippen LogP contribution < -0.4 is 20.1 Å². The highest BCUT2D eigenvalue weighted by molar-refractivity contribution is 5.79. The molecule has 0 aliphatic heterocycles. The lowest BCUT2D eigenvalue weighted by molar-refractivity contribution is 0.259. The fourth-order valence-electron chi connectivity index (χ4n) is 2.95. The van der Waals surface area contributed by atoms with Crippen molar-refractivity contribution in [2.45, 2.75) is 19.9 Å². The molecule has 0 aromatic heterocycles. The third kappa shape index (κ3) is 7.66. The standard InChI is InChI=1S/C23H34N4O2/c1-18-10-11-21(28-5)19(16-18)12-13-25-23(24-2)26-17-20-8-6-7-9-22(20)29-15-14-27(3)4/h6-11,16H,12-15,17H2,1-5H3,(H2,24,25,26). The summed E-state index contributed by atoms with van der Waals surface area (Å²) in [6.07, 6.45) is 0.857. The topological polar surface area (TPSA) is 58.1 Å². The van der Waals surface area contributed by atoms with Crippen LogP contribution in [0.4, 0.5) is 0 Å². The molecule has 0 amide bonds. The summed E-state index contributed by atoms with van der Waals surface area (Å²) in [5.41, 5.74) is 3.53. The number of nitrogens with zero attached hydrogens (tertiary/aromatic N) is 2. The second-order valence-corrected chi connectivity index (χ2v) is 7.18. The average molecular weight is 399 g/mol. The van der Waals surface area contributed by atoms with Crippen molar-refractivity contribution < 1.29 is 9.47 Å². The predicted octanol–water partition coefficient (Wildman–Crippen LogP) is 2.85. The molecule has 0 saturated heterocycles.